The van der Waals surface area contributed by atoms with Crippen LogP contribution in [0.2, 0.25) is 0 Å². The van der Waals surface area contributed by atoms with Gasteiger partial charge in [0.1, 0.15) is 35.5 Å². The quantitative estimate of drug-likeness (QED) is 0.633. The standard InChI is InChI=1S/C19H19N5O4/c1-19(2,3)28-18(27)24-15(17(25)26)8-12-4-6-14(7-5-12)23-16(11-22)13(9-20)10-21/h4-7,15,23H,8H2,1-3H3,(H,24,27)(H,25,26). The van der Waals surface area contributed by atoms with Gasteiger partial charge in [0.15, 0.2) is 5.57 Å². The predicted octanol–water partition coefficient (Wildman–Crippen LogP) is 2.44. The van der Waals surface area contributed by atoms with Crippen molar-refractivity contribution in [2.45, 2.75) is 38.8 Å². The minimum atomic E-state index is -1.21. The molecule has 9 heteroatoms. The number of anilines is 1. The molecule has 3 N–H and O–H groups in total. The Morgan fingerprint density at radius 1 is 1.11 bits per heavy atom. The second-order valence-electron chi connectivity index (χ2n) is 6.65. The number of nitrogens with zero attached hydrogens (tertiary/aromatic N) is 3. The number of carbonyl (C=O) groups is 2. The number of nitriles is 3. The highest BCUT2D eigenvalue weighted by molar-refractivity contribution is 5.80. The summed E-state index contributed by atoms with van der Waals surface area (Å²) in [5.41, 5.74) is -0.239. The SMILES string of the molecule is CC(C)(C)OC(=O)NC(Cc1ccc(NC(C#N)=C(C#N)C#N)cc1)C(=O)O. The van der Waals surface area contributed by atoms with Crippen LogP contribution in [0.1, 0.15) is 26.3 Å². The van der Waals surface area contributed by atoms with Crippen molar-refractivity contribution in [3.63, 3.8) is 0 Å². The molecular formula is C19H19N5O4. The van der Waals surface area contributed by atoms with Crippen molar-refractivity contribution in [1.29, 1.82) is 15.8 Å². The Hall–Kier alpha value is -4.03. The maximum Gasteiger partial charge on any atom is 0.408 e. The van der Waals surface area contributed by atoms with Gasteiger partial charge in [-0.15, -0.1) is 0 Å². The molecule has 0 aliphatic rings. The van der Waals surface area contributed by atoms with Gasteiger partial charge in [0.05, 0.1) is 0 Å². The van der Waals surface area contributed by atoms with E-state index in [1.807, 2.05) is 0 Å². The van der Waals surface area contributed by atoms with Crippen LogP contribution >= 0.6 is 0 Å². The summed E-state index contributed by atoms with van der Waals surface area (Å²) in [6.07, 6.45) is -0.820. The Kier molecular flexibility index (Phi) is 7.55. The molecule has 0 aromatic heterocycles. The lowest BCUT2D eigenvalue weighted by Crippen LogP contribution is -2.44. The first-order valence-electron chi connectivity index (χ1n) is 8.12. The lowest BCUT2D eigenvalue weighted by atomic mass is 10.1. The first kappa shape index (κ1) is 22.0. The molecule has 0 aliphatic carbocycles. The summed E-state index contributed by atoms with van der Waals surface area (Å²) < 4.78 is 5.06. The molecule has 0 fully saturated rings. The van der Waals surface area contributed by atoms with Gasteiger partial charge >= 0.3 is 12.1 Å². The van der Waals surface area contributed by atoms with E-state index in [4.69, 9.17) is 20.5 Å². The van der Waals surface area contributed by atoms with E-state index in [2.05, 4.69) is 10.6 Å². The monoisotopic (exact) mass is 381 g/mol. The van der Waals surface area contributed by atoms with E-state index in [9.17, 15) is 14.7 Å². The molecule has 1 unspecified atom stereocenters. The average Bonchev–Trinajstić information content (AvgIpc) is 2.61. The molecule has 0 bridgehead atoms. The lowest BCUT2D eigenvalue weighted by Gasteiger charge is -2.22. The van der Waals surface area contributed by atoms with Crippen molar-refractivity contribution in [1.82, 2.24) is 5.32 Å². The number of hydrogen-bond donors (Lipinski definition) is 3. The van der Waals surface area contributed by atoms with Crippen LogP contribution in [0.25, 0.3) is 0 Å². The molecular weight excluding hydrogens is 362 g/mol. The van der Waals surface area contributed by atoms with Gasteiger partial charge in [-0.25, -0.2) is 9.59 Å². The van der Waals surface area contributed by atoms with Gasteiger partial charge in [-0.05, 0) is 38.5 Å². The summed E-state index contributed by atoms with van der Waals surface area (Å²) >= 11 is 0. The second-order valence-corrected chi connectivity index (χ2v) is 6.65. The number of carboxylic acids is 1. The van der Waals surface area contributed by atoms with E-state index >= 15 is 0 Å². The van der Waals surface area contributed by atoms with Gasteiger partial charge < -0.3 is 20.5 Å². The molecule has 1 aromatic carbocycles. The lowest BCUT2D eigenvalue weighted by molar-refractivity contribution is -0.139. The summed E-state index contributed by atoms with van der Waals surface area (Å²) in [5, 5.41) is 41.0. The third kappa shape index (κ3) is 7.07. The van der Waals surface area contributed by atoms with Crippen LogP contribution in [-0.4, -0.2) is 28.8 Å². The predicted molar refractivity (Wildman–Crippen MR) is 98.4 cm³/mol. The molecule has 1 atom stereocenters. The maximum absolute atomic E-state index is 11.8. The highest BCUT2D eigenvalue weighted by atomic mass is 16.6. The first-order chi connectivity index (χ1) is 13.1. The molecule has 1 amide bonds. The number of aliphatic carboxylic acids is 1. The average molecular weight is 381 g/mol. The van der Waals surface area contributed by atoms with E-state index in [1.165, 1.54) is 0 Å². The van der Waals surface area contributed by atoms with Gasteiger partial charge in [0.25, 0.3) is 0 Å². The summed E-state index contributed by atoms with van der Waals surface area (Å²) in [6, 6.07) is 10.1. The van der Waals surface area contributed by atoms with Crippen LogP contribution in [0, 0.1) is 34.0 Å². The van der Waals surface area contributed by atoms with Gasteiger partial charge in [-0.3, -0.25) is 0 Å². The number of hydrogen-bond acceptors (Lipinski definition) is 7. The molecule has 0 saturated carbocycles. The Labute approximate surface area is 162 Å². The molecule has 0 spiro atoms. The van der Waals surface area contributed by atoms with E-state index < -0.39 is 23.7 Å². The van der Waals surface area contributed by atoms with E-state index in [-0.39, 0.29) is 17.7 Å². The summed E-state index contributed by atoms with van der Waals surface area (Å²) in [4.78, 5) is 23.2. The fourth-order valence-electron chi connectivity index (χ4n) is 2.04. The first-order valence-corrected chi connectivity index (χ1v) is 8.12. The zero-order valence-corrected chi connectivity index (χ0v) is 15.6. The van der Waals surface area contributed by atoms with Crippen molar-refractivity contribution in [2.75, 3.05) is 5.32 Å². The number of amides is 1. The minimum absolute atomic E-state index is 0.0114. The number of nitrogens with one attached hydrogen (secondary N) is 2. The van der Waals surface area contributed by atoms with Crippen molar-refractivity contribution >= 4 is 17.7 Å². The van der Waals surface area contributed by atoms with Gasteiger partial charge in [-0.1, -0.05) is 12.1 Å². The topological polar surface area (TPSA) is 159 Å². The molecule has 1 rings (SSSR count). The molecule has 1 aromatic rings. The molecule has 0 saturated heterocycles. The van der Waals surface area contributed by atoms with Crippen molar-refractivity contribution in [3.8, 4) is 18.2 Å². The van der Waals surface area contributed by atoms with E-state index in [0.29, 0.717) is 11.3 Å². The highest BCUT2D eigenvalue weighted by Crippen LogP contribution is 2.15. The van der Waals surface area contributed by atoms with Crippen LogP contribution in [0.15, 0.2) is 35.5 Å². The normalized spacial score (nSPS) is 11.0. The Morgan fingerprint density at radius 2 is 1.68 bits per heavy atom. The zero-order chi connectivity index (χ0) is 21.3. The number of benzene rings is 1. The van der Waals surface area contributed by atoms with E-state index in [1.54, 1.807) is 63.2 Å². The number of rotatable bonds is 6. The van der Waals surface area contributed by atoms with E-state index in [0.717, 1.165) is 0 Å². The van der Waals surface area contributed by atoms with Crippen LogP contribution in [0.5, 0.6) is 0 Å². The largest absolute Gasteiger partial charge is 0.480 e. The fraction of sp³-hybridized carbons (Fsp3) is 0.316. The third-order valence-electron chi connectivity index (χ3n) is 3.24. The fourth-order valence-corrected chi connectivity index (χ4v) is 2.04. The molecule has 0 radical (unpaired) electrons. The van der Waals surface area contributed by atoms with Crippen LogP contribution in [-0.2, 0) is 16.0 Å². The van der Waals surface area contributed by atoms with Crippen molar-refractivity contribution in [3.05, 3.63) is 41.1 Å². The van der Waals surface area contributed by atoms with Crippen LogP contribution in [0.4, 0.5) is 10.5 Å². The maximum atomic E-state index is 11.8. The summed E-state index contributed by atoms with van der Waals surface area (Å²) in [5.74, 6) is -1.21. The number of ether oxygens (including phenoxy) is 1. The molecule has 0 aliphatic heterocycles. The number of alkyl carbamates (subject to hydrolysis) is 1. The smallest absolute Gasteiger partial charge is 0.408 e. The number of carbonyl (C=O) groups excluding carboxylic acids is 1. The molecule has 144 valence electrons. The molecule has 9 nitrogen and oxygen atoms in total. The number of allylic oxidation sites excluding steroid dienone is 2. The third-order valence-corrected chi connectivity index (χ3v) is 3.24. The second kappa shape index (κ2) is 9.61. The number of carboxylic acid groups (broad SMARTS) is 1. The summed E-state index contributed by atoms with van der Waals surface area (Å²) in [7, 11) is 0. The van der Waals surface area contributed by atoms with Gasteiger partial charge in [-0.2, -0.15) is 15.8 Å². The van der Waals surface area contributed by atoms with Gasteiger partial charge in [0, 0.05) is 12.1 Å². The Bertz CT molecular complexity index is 877. The van der Waals surface area contributed by atoms with Crippen molar-refractivity contribution < 1.29 is 19.4 Å². The zero-order valence-electron chi connectivity index (χ0n) is 15.6. The van der Waals surface area contributed by atoms with Crippen molar-refractivity contribution in [2.24, 2.45) is 0 Å². The Balaban J connectivity index is 2.87. The molecule has 0 heterocycles. The van der Waals surface area contributed by atoms with Gasteiger partial charge in [0.2, 0.25) is 0 Å². The van der Waals surface area contributed by atoms with Crippen LogP contribution in [0.3, 0.4) is 0 Å². The van der Waals surface area contributed by atoms with Crippen LogP contribution < -0.4 is 10.6 Å². The minimum Gasteiger partial charge on any atom is -0.480 e. The molecule has 28 heavy (non-hydrogen) atoms. The summed E-state index contributed by atoms with van der Waals surface area (Å²) in [6.45, 7) is 5.01. The Morgan fingerprint density at radius 3 is 2.11 bits per heavy atom. The highest BCUT2D eigenvalue weighted by Gasteiger charge is 2.24.